The highest BCUT2D eigenvalue weighted by atomic mass is 19.3. The molecule has 1 saturated carbocycles. The van der Waals surface area contributed by atoms with Crippen LogP contribution in [0.2, 0.25) is 0 Å². The molecule has 2 fully saturated rings. The lowest BCUT2D eigenvalue weighted by Crippen LogP contribution is -2.42. The molecule has 2 aromatic heterocycles. The van der Waals surface area contributed by atoms with Crippen molar-refractivity contribution in [3.8, 4) is 0 Å². The lowest BCUT2D eigenvalue weighted by Gasteiger charge is -2.37. The summed E-state index contributed by atoms with van der Waals surface area (Å²) in [6.45, 7) is 2.65. The van der Waals surface area contributed by atoms with Gasteiger partial charge in [0.05, 0.1) is 0 Å². The van der Waals surface area contributed by atoms with Crippen molar-refractivity contribution in [3.05, 3.63) is 24.5 Å². The van der Waals surface area contributed by atoms with E-state index in [0.717, 1.165) is 37.5 Å². The number of rotatable bonds is 4. The predicted molar refractivity (Wildman–Crippen MR) is 79.1 cm³/mol. The van der Waals surface area contributed by atoms with Gasteiger partial charge in [-0.2, -0.15) is 0 Å². The van der Waals surface area contributed by atoms with Crippen LogP contribution in [0.15, 0.2) is 24.5 Å². The molecule has 3 heterocycles. The maximum Gasteiger partial charge on any atom is 0.248 e. The fraction of sp³-hybridized carbons (Fsp3) is 0.600. The Morgan fingerprint density at radius 3 is 3.00 bits per heavy atom. The minimum absolute atomic E-state index is 0.0560. The van der Waals surface area contributed by atoms with Crippen LogP contribution in [0.3, 0.4) is 0 Å². The number of anilines is 1. The third-order valence-corrected chi connectivity index (χ3v) is 4.57. The van der Waals surface area contributed by atoms with Gasteiger partial charge >= 0.3 is 0 Å². The Morgan fingerprint density at radius 2 is 2.18 bits per heavy atom. The Morgan fingerprint density at radius 1 is 1.32 bits per heavy atom. The molecule has 1 aliphatic heterocycles. The van der Waals surface area contributed by atoms with E-state index in [0.29, 0.717) is 6.04 Å². The Labute approximate surface area is 127 Å². The highest BCUT2D eigenvalue weighted by Crippen LogP contribution is 2.42. The Kier molecular flexibility index (Phi) is 3.25. The Balaban J connectivity index is 1.31. The molecule has 2 aliphatic rings. The molecule has 1 aliphatic carbocycles. The summed E-state index contributed by atoms with van der Waals surface area (Å²) in [4.78, 5) is 6.45. The number of hydrogen-bond donors (Lipinski definition) is 1. The van der Waals surface area contributed by atoms with Gasteiger partial charge in [0.15, 0.2) is 5.65 Å². The van der Waals surface area contributed by atoms with Crippen LogP contribution in [0.5, 0.6) is 0 Å². The number of halogens is 2. The third-order valence-electron chi connectivity index (χ3n) is 4.57. The molecule has 5 nitrogen and oxygen atoms in total. The van der Waals surface area contributed by atoms with Crippen LogP contribution in [0, 0.1) is 5.92 Å². The highest BCUT2D eigenvalue weighted by Gasteiger charge is 2.45. The fourth-order valence-electron chi connectivity index (χ4n) is 3.50. The van der Waals surface area contributed by atoms with Gasteiger partial charge in [0.2, 0.25) is 5.92 Å². The molecule has 2 aromatic rings. The van der Waals surface area contributed by atoms with Crippen LogP contribution in [-0.4, -0.2) is 51.1 Å². The summed E-state index contributed by atoms with van der Waals surface area (Å²) in [6, 6.07) is 4.18. The van der Waals surface area contributed by atoms with E-state index in [9.17, 15) is 8.78 Å². The fourth-order valence-corrected chi connectivity index (χ4v) is 3.50. The maximum absolute atomic E-state index is 12.9. The monoisotopic (exact) mass is 307 g/mol. The van der Waals surface area contributed by atoms with Gasteiger partial charge < -0.3 is 10.2 Å². The highest BCUT2D eigenvalue weighted by molar-refractivity contribution is 5.44. The number of fused-ring (bicyclic) bond motifs is 1. The van der Waals surface area contributed by atoms with Crippen molar-refractivity contribution in [3.63, 3.8) is 0 Å². The SMILES string of the molecule is FC1(F)CC(CN2CCC(Nc3ccc4nccn4n3)C2)C1. The van der Waals surface area contributed by atoms with Gasteiger partial charge in [0.25, 0.3) is 0 Å². The van der Waals surface area contributed by atoms with E-state index in [1.54, 1.807) is 10.7 Å². The largest absolute Gasteiger partial charge is 0.365 e. The van der Waals surface area contributed by atoms with Crippen molar-refractivity contribution in [2.45, 2.75) is 31.2 Å². The number of imidazole rings is 1. The van der Waals surface area contributed by atoms with Gasteiger partial charge in [-0.15, -0.1) is 5.10 Å². The molecule has 1 unspecified atom stereocenters. The van der Waals surface area contributed by atoms with E-state index in [4.69, 9.17) is 0 Å². The number of hydrogen-bond acceptors (Lipinski definition) is 4. The molecule has 1 N–H and O–H groups in total. The lowest BCUT2D eigenvalue weighted by atomic mass is 9.81. The van der Waals surface area contributed by atoms with Crippen LogP contribution in [-0.2, 0) is 0 Å². The van der Waals surface area contributed by atoms with Gasteiger partial charge in [-0.1, -0.05) is 0 Å². The van der Waals surface area contributed by atoms with Gasteiger partial charge in [0, 0.05) is 50.9 Å². The smallest absolute Gasteiger partial charge is 0.248 e. The van der Waals surface area contributed by atoms with Gasteiger partial charge in [-0.25, -0.2) is 18.3 Å². The number of nitrogens with zero attached hydrogens (tertiary/aromatic N) is 4. The molecular weight excluding hydrogens is 288 g/mol. The summed E-state index contributed by atoms with van der Waals surface area (Å²) in [5.41, 5.74) is 0.824. The zero-order valence-corrected chi connectivity index (χ0v) is 12.3. The third kappa shape index (κ3) is 2.77. The van der Waals surface area contributed by atoms with E-state index in [2.05, 4.69) is 20.3 Å². The van der Waals surface area contributed by atoms with Crippen LogP contribution in [0.4, 0.5) is 14.6 Å². The molecule has 4 rings (SSSR count). The topological polar surface area (TPSA) is 45.5 Å². The predicted octanol–water partition coefficient (Wildman–Crippen LogP) is 2.26. The first kappa shape index (κ1) is 13.9. The average molecular weight is 307 g/mol. The molecule has 0 aromatic carbocycles. The normalized spacial score (nSPS) is 25.5. The zero-order valence-electron chi connectivity index (χ0n) is 12.3. The van der Waals surface area contributed by atoms with Crippen LogP contribution in [0.1, 0.15) is 19.3 Å². The van der Waals surface area contributed by atoms with E-state index < -0.39 is 5.92 Å². The number of alkyl halides is 2. The first-order chi connectivity index (χ1) is 10.6. The summed E-state index contributed by atoms with van der Waals surface area (Å²) in [6.07, 6.45) is 4.67. The van der Waals surface area contributed by atoms with Crippen molar-refractivity contribution in [1.82, 2.24) is 19.5 Å². The van der Waals surface area contributed by atoms with E-state index >= 15 is 0 Å². The van der Waals surface area contributed by atoms with Crippen molar-refractivity contribution in [2.24, 2.45) is 5.92 Å². The Bertz CT molecular complexity index is 663. The van der Waals surface area contributed by atoms with Crippen molar-refractivity contribution in [2.75, 3.05) is 25.0 Å². The molecule has 118 valence electrons. The average Bonchev–Trinajstić information content (AvgIpc) is 3.05. The molecule has 1 atom stereocenters. The number of likely N-dealkylation sites (tertiary alicyclic amines) is 1. The van der Waals surface area contributed by atoms with E-state index in [1.165, 1.54) is 0 Å². The summed E-state index contributed by atoms with van der Waals surface area (Å²) in [5, 5.41) is 7.89. The maximum atomic E-state index is 12.9. The second kappa shape index (κ2) is 5.15. The number of aromatic nitrogens is 3. The quantitative estimate of drug-likeness (QED) is 0.941. The van der Waals surface area contributed by atoms with Crippen molar-refractivity contribution >= 4 is 11.5 Å². The van der Waals surface area contributed by atoms with Crippen LogP contribution >= 0.6 is 0 Å². The van der Waals surface area contributed by atoms with E-state index in [-0.39, 0.29) is 18.8 Å². The second-order valence-electron chi connectivity index (χ2n) is 6.47. The molecule has 0 bridgehead atoms. The summed E-state index contributed by atoms with van der Waals surface area (Å²) in [7, 11) is 0. The summed E-state index contributed by atoms with van der Waals surface area (Å²) in [5.74, 6) is -1.42. The molecular formula is C15H19F2N5. The van der Waals surface area contributed by atoms with Crippen molar-refractivity contribution in [1.29, 1.82) is 0 Å². The molecule has 1 saturated heterocycles. The van der Waals surface area contributed by atoms with Gasteiger partial charge in [-0.3, -0.25) is 0 Å². The van der Waals surface area contributed by atoms with Gasteiger partial charge in [0.1, 0.15) is 5.82 Å². The summed E-state index contributed by atoms with van der Waals surface area (Å²) < 4.78 is 27.5. The first-order valence-corrected chi connectivity index (χ1v) is 7.74. The lowest BCUT2D eigenvalue weighted by molar-refractivity contribution is -0.115. The molecule has 7 heteroatoms. The van der Waals surface area contributed by atoms with Gasteiger partial charge in [-0.05, 0) is 24.5 Å². The minimum atomic E-state index is -2.41. The summed E-state index contributed by atoms with van der Waals surface area (Å²) >= 11 is 0. The van der Waals surface area contributed by atoms with Crippen molar-refractivity contribution < 1.29 is 8.78 Å². The molecule has 0 spiro atoms. The molecule has 0 amide bonds. The van der Waals surface area contributed by atoms with E-state index in [1.807, 2.05) is 18.3 Å². The zero-order chi connectivity index (χ0) is 15.2. The first-order valence-electron chi connectivity index (χ1n) is 7.74. The standard InChI is InChI=1S/C15H19F2N5/c16-15(17)7-11(8-15)9-21-5-3-12(10-21)19-13-1-2-14-18-4-6-22(14)20-13/h1-2,4,6,11-12H,3,5,7-10H2,(H,19,20). The minimum Gasteiger partial charge on any atom is -0.365 e. The number of nitrogens with one attached hydrogen (secondary N) is 1. The second-order valence-corrected chi connectivity index (χ2v) is 6.47. The molecule has 0 radical (unpaired) electrons. The Hall–Kier alpha value is -1.76. The van der Waals surface area contributed by atoms with Crippen LogP contribution < -0.4 is 5.32 Å². The molecule has 22 heavy (non-hydrogen) atoms. The van der Waals surface area contributed by atoms with Crippen LogP contribution in [0.25, 0.3) is 5.65 Å².